The van der Waals surface area contributed by atoms with E-state index in [1.54, 1.807) is 6.07 Å². The third-order valence-corrected chi connectivity index (χ3v) is 4.11. The predicted octanol–water partition coefficient (Wildman–Crippen LogP) is 2.50. The van der Waals surface area contributed by atoms with Gasteiger partial charge >= 0.3 is 5.97 Å². The average molecular weight is 368 g/mol. The molecule has 0 saturated heterocycles. The van der Waals surface area contributed by atoms with Crippen LogP contribution in [-0.2, 0) is 9.53 Å². The van der Waals surface area contributed by atoms with Gasteiger partial charge in [-0.3, -0.25) is 4.79 Å². The zero-order valence-corrected chi connectivity index (χ0v) is 15.2. The standard InChI is InChI=1S/C20H20N2O5/c1-25-16-10-15(11-17(12-16)26-2)20(24)27-13-19(23)22-9-8-18(21-22)14-6-4-3-5-7-14/h3-7,10-12H,8-9,13H2,1-2H3. The van der Waals surface area contributed by atoms with E-state index in [0.29, 0.717) is 24.5 Å². The summed E-state index contributed by atoms with van der Waals surface area (Å²) in [4.78, 5) is 24.5. The van der Waals surface area contributed by atoms with Gasteiger partial charge < -0.3 is 14.2 Å². The fraction of sp³-hybridized carbons (Fsp3) is 0.250. The first-order valence-corrected chi connectivity index (χ1v) is 8.44. The summed E-state index contributed by atoms with van der Waals surface area (Å²) in [6.07, 6.45) is 0.663. The molecule has 0 atom stereocenters. The predicted molar refractivity (Wildman–Crippen MR) is 99.1 cm³/mol. The van der Waals surface area contributed by atoms with Gasteiger partial charge in [-0.05, 0) is 17.7 Å². The van der Waals surface area contributed by atoms with Gasteiger partial charge in [0, 0.05) is 12.5 Å². The molecule has 2 aromatic carbocycles. The van der Waals surface area contributed by atoms with Gasteiger partial charge in [-0.2, -0.15) is 5.10 Å². The highest BCUT2D eigenvalue weighted by Crippen LogP contribution is 2.23. The molecule has 0 aliphatic carbocycles. The minimum atomic E-state index is -0.632. The number of hydrogen-bond donors (Lipinski definition) is 0. The van der Waals surface area contributed by atoms with Gasteiger partial charge in [0.25, 0.3) is 5.91 Å². The van der Waals surface area contributed by atoms with Crippen LogP contribution < -0.4 is 9.47 Å². The quantitative estimate of drug-likeness (QED) is 0.732. The van der Waals surface area contributed by atoms with E-state index in [4.69, 9.17) is 14.2 Å². The highest BCUT2D eigenvalue weighted by atomic mass is 16.5. The number of rotatable bonds is 6. The molecule has 3 rings (SSSR count). The van der Waals surface area contributed by atoms with Crippen molar-refractivity contribution in [2.45, 2.75) is 6.42 Å². The van der Waals surface area contributed by atoms with Crippen molar-refractivity contribution in [1.29, 1.82) is 0 Å². The molecule has 1 aliphatic rings. The normalized spacial score (nSPS) is 13.1. The second kappa shape index (κ2) is 8.35. The largest absolute Gasteiger partial charge is 0.497 e. The van der Waals surface area contributed by atoms with Crippen molar-refractivity contribution < 1.29 is 23.8 Å². The second-order valence-electron chi connectivity index (χ2n) is 5.86. The molecule has 0 fully saturated rings. The molecule has 27 heavy (non-hydrogen) atoms. The van der Waals surface area contributed by atoms with Crippen LogP contribution in [0.25, 0.3) is 0 Å². The van der Waals surface area contributed by atoms with E-state index >= 15 is 0 Å². The minimum Gasteiger partial charge on any atom is -0.497 e. The zero-order valence-electron chi connectivity index (χ0n) is 15.2. The van der Waals surface area contributed by atoms with Crippen LogP contribution in [0.2, 0.25) is 0 Å². The molecule has 0 spiro atoms. The molecule has 7 nitrogen and oxygen atoms in total. The highest BCUT2D eigenvalue weighted by Gasteiger charge is 2.23. The van der Waals surface area contributed by atoms with Crippen LogP contribution in [0.1, 0.15) is 22.3 Å². The lowest BCUT2D eigenvalue weighted by atomic mass is 10.1. The molecule has 2 aromatic rings. The average Bonchev–Trinajstić information content (AvgIpc) is 3.22. The van der Waals surface area contributed by atoms with E-state index in [9.17, 15) is 9.59 Å². The SMILES string of the molecule is COc1cc(OC)cc(C(=O)OCC(=O)N2CCC(c3ccccc3)=N2)c1. The van der Waals surface area contributed by atoms with Crippen molar-refractivity contribution in [3.05, 3.63) is 59.7 Å². The van der Waals surface area contributed by atoms with Crippen molar-refractivity contribution in [3.8, 4) is 11.5 Å². The van der Waals surface area contributed by atoms with Gasteiger partial charge in [0.2, 0.25) is 0 Å². The van der Waals surface area contributed by atoms with E-state index in [2.05, 4.69) is 5.10 Å². The topological polar surface area (TPSA) is 77.4 Å². The monoisotopic (exact) mass is 368 g/mol. The number of hydrazone groups is 1. The summed E-state index contributed by atoms with van der Waals surface area (Å²) >= 11 is 0. The van der Waals surface area contributed by atoms with Crippen molar-refractivity contribution in [1.82, 2.24) is 5.01 Å². The van der Waals surface area contributed by atoms with Crippen molar-refractivity contribution >= 4 is 17.6 Å². The molecule has 0 radical (unpaired) electrons. The van der Waals surface area contributed by atoms with Crippen LogP contribution in [0.4, 0.5) is 0 Å². The van der Waals surface area contributed by atoms with E-state index in [1.807, 2.05) is 30.3 Å². The Balaban J connectivity index is 1.61. The third kappa shape index (κ3) is 4.44. The lowest BCUT2D eigenvalue weighted by molar-refractivity contribution is -0.134. The zero-order chi connectivity index (χ0) is 19.2. The fourth-order valence-electron chi connectivity index (χ4n) is 2.68. The maximum Gasteiger partial charge on any atom is 0.338 e. The molecule has 0 bridgehead atoms. The number of hydrogen-bond acceptors (Lipinski definition) is 6. The summed E-state index contributed by atoms with van der Waals surface area (Å²) < 4.78 is 15.4. The second-order valence-corrected chi connectivity index (χ2v) is 5.86. The Morgan fingerprint density at radius 3 is 2.33 bits per heavy atom. The van der Waals surface area contributed by atoms with Crippen LogP contribution >= 0.6 is 0 Å². The van der Waals surface area contributed by atoms with Crippen LogP contribution in [-0.4, -0.2) is 50.0 Å². The summed E-state index contributed by atoms with van der Waals surface area (Å²) in [5, 5.41) is 5.67. The van der Waals surface area contributed by atoms with E-state index < -0.39 is 5.97 Å². The smallest absolute Gasteiger partial charge is 0.338 e. The Morgan fingerprint density at radius 1 is 1.04 bits per heavy atom. The Kier molecular flexibility index (Phi) is 5.71. The number of esters is 1. The van der Waals surface area contributed by atoms with Gasteiger partial charge in [-0.25, -0.2) is 9.80 Å². The maximum absolute atomic E-state index is 12.3. The molecule has 140 valence electrons. The Hall–Kier alpha value is -3.35. The Bertz CT molecular complexity index is 842. The van der Waals surface area contributed by atoms with E-state index in [1.165, 1.54) is 31.4 Å². The van der Waals surface area contributed by atoms with Crippen LogP contribution in [0.3, 0.4) is 0 Å². The molecule has 0 saturated carbocycles. The summed E-state index contributed by atoms with van der Waals surface area (Å²) in [7, 11) is 2.98. The first-order valence-electron chi connectivity index (χ1n) is 8.44. The number of methoxy groups -OCH3 is 2. The molecular formula is C20H20N2O5. The minimum absolute atomic E-state index is 0.244. The summed E-state index contributed by atoms with van der Waals surface area (Å²) in [6, 6.07) is 14.4. The number of carbonyl (C=O) groups excluding carboxylic acids is 2. The Labute approximate surface area is 157 Å². The number of ether oxygens (including phenoxy) is 3. The third-order valence-electron chi connectivity index (χ3n) is 4.11. The van der Waals surface area contributed by atoms with Gasteiger partial charge in [-0.1, -0.05) is 30.3 Å². The van der Waals surface area contributed by atoms with Crippen LogP contribution in [0.5, 0.6) is 11.5 Å². The van der Waals surface area contributed by atoms with E-state index in [-0.39, 0.29) is 18.1 Å². The molecule has 1 aliphatic heterocycles. The van der Waals surface area contributed by atoms with E-state index in [0.717, 1.165) is 11.3 Å². The molecule has 1 heterocycles. The summed E-state index contributed by atoms with van der Waals surface area (Å²) in [6.45, 7) is 0.0809. The molecule has 7 heteroatoms. The number of carbonyl (C=O) groups is 2. The number of benzene rings is 2. The first-order chi connectivity index (χ1) is 13.1. The first kappa shape index (κ1) is 18.4. The lowest BCUT2D eigenvalue weighted by Gasteiger charge is -2.12. The summed E-state index contributed by atoms with van der Waals surface area (Å²) in [5.74, 6) is -0.0790. The van der Waals surface area contributed by atoms with Gasteiger partial charge in [0.05, 0.1) is 32.0 Å². The van der Waals surface area contributed by atoms with Crippen LogP contribution in [0.15, 0.2) is 53.6 Å². The molecule has 1 amide bonds. The number of nitrogens with zero attached hydrogens (tertiary/aromatic N) is 2. The number of amides is 1. The Morgan fingerprint density at radius 2 is 1.70 bits per heavy atom. The molecule has 0 aromatic heterocycles. The summed E-state index contributed by atoms with van der Waals surface area (Å²) in [5.41, 5.74) is 2.06. The van der Waals surface area contributed by atoms with Gasteiger partial charge in [-0.15, -0.1) is 0 Å². The van der Waals surface area contributed by atoms with Gasteiger partial charge in [0.1, 0.15) is 11.5 Å². The fourth-order valence-corrected chi connectivity index (χ4v) is 2.68. The van der Waals surface area contributed by atoms with Gasteiger partial charge in [0.15, 0.2) is 6.61 Å². The highest BCUT2D eigenvalue weighted by molar-refractivity contribution is 6.02. The molecule has 0 unspecified atom stereocenters. The van der Waals surface area contributed by atoms with Crippen molar-refractivity contribution in [2.24, 2.45) is 5.10 Å². The molecular weight excluding hydrogens is 348 g/mol. The lowest BCUT2D eigenvalue weighted by Crippen LogP contribution is -2.28. The molecule has 0 N–H and O–H groups in total. The van der Waals surface area contributed by atoms with Crippen molar-refractivity contribution in [2.75, 3.05) is 27.4 Å². The maximum atomic E-state index is 12.3. The van der Waals surface area contributed by atoms with Crippen molar-refractivity contribution in [3.63, 3.8) is 0 Å². The van der Waals surface area contributed by atoms with Crippen LogP contribution in [0, 0.1) is 0 Å².